The molecule has 1 amide bonds. The molecule has 6 nitrogen and oxygen atoms in total. The lowest BCUT2D eigenvalue weighted by atomic mass is 10.1. The normalized spacial score (nSPS) is 14.0. The first-order valence-electron chi connectivity index (χ1n) is 6.83. The lowest BCUT2D eigenvalue weighted by molar-refractivity contribution is 0.0951. The quantitative estimate of drug-likeness (QED) is 0.506. The van der Waals surface area contributed by atoms with Gasteiger partial charge in [-0.15, -0.1) is 0 Å². The van der Waals surface area contributed by atoms with Crippen LogP contribution in [0.4, 0.5) is 11.4 Å². The highest BCUT2D eigenvalue weighted by molar-refractivity contribution is 5.94. The minimum absolute atomic E-state index is 0.332. The molecule has 1 aliphatic rings. The number of anilines is 2. The van der Waals surface area contributed by atoms with Gasteiger partial charge in [-0.1, -0.05) is 12.1 Å². The van der Waals surface area contributed by atoms with Gasteiger partial charge in [0.05, 0.1) is 29.7 Å². The number of fused-ring (bicyclic) bond motifs is 1. The van der Waals surface area contributed by atoms with Crippen LogP contribution in [-0.2, 0) is 6.54 Å². The zero-order chi connectivity index (χ0) is 14.8. The number of hydrazine groups is 1. The molecule has 2 heterocycles. The molecule has 6 heteroatoms. The number of carbonyl (C=O) groups is 1. The van der Waals surface area contributed by atoms with Crippen LogP contribution >= 0.6 is 0 Å². The van der Waals surface area contributed by atoms with Crippen molar-refractivity contribution in [3.63, 3.8) is 0 Å². The number of para-hydroxylation sites is 2. The summed E-state index contributed by atoms with van der Waals surface area (Å²) in [5.74, 6) is 5.49. The average Bonchev–Trinajstić information content (AvgIpc) is 2.98. The van der Waals surface area contributed by atoms with Crippen molar-refractivity contribution in [3.05, 3.63) is 47.9 Å². The van der Waals surface area contributed by atoms with Crippen molar-refractivity contribution < 1.29 is 9.21 Å². The van der Waals surface area contributed by atoms with E-state index in [4.69, 9.17) is 10.3 Å². The van der Waals surface area contributed by atoms with E-state index in [0.717, 1.165) is 18.8 Å². The first-order chi connectivity index (χ1) is 10.2. The predicted octanol–water partition coefficient (Wildman–Crippen LogP) is 1.34. The maximum atomic E-state index is 11.7. The van der Waals surface area contributed by atoms with Gasteiger partial charge in [-0.2, -0.15) is 0 Å². The maximum Gasteiger partial charge on any atom is 0.268 e. The van der Waals surface area contributed by atoms with Gasteiger partial charge >= 0.3 is 0 Å². The Kier molecular flexibility index (Phi) is 3.53. The van der Waals surface area contributed by atoms with Gasteiger partial charge in [0.1, 0.15) is 5.76 Å². The predicted molar refractivity (Wildman–Crippen MR) is 81.1 cm³/mol. The van der Waals surface area contributed by atoms with Crippen LogP contribution in [0.2, 0.25) is 0 Å². The molecule has 0 fully saturated rings. The highest BCUT2D eigenvalue weighted by atomic mass is 16.3. The van der Waals surface area contributed by atoms with Crippen molar-refractivity contribution in [2.24, 2.45) is 5.84 Å². The Labute approximate surface area is 123 Å². The van der Waals surface area contributed by atoms with Gasteiger partial charge in [-0.3, -0.25) is 10.2 Å². The molecule has 0 spiro atoms. The fourth-order valence-corrected chi connectivity index (χ4v) is 2.65. The van der Waals surface area contributed by atoms with Crippen molar-refractivity contribution in [1.29, 1.82) is 0 Å². The molecule has 1 aliphatic heterocycles. The third-order valence-electron chi connectivity index (χ3n) is 3.79. The molecule has 1 aromatic carbocycles. The summed E-state index contributed by atoms with van der Waals surface area (Å²) in [6, 6.07) is 9.85. The number of rotatable bonds is 3. The van der Waals surface area contributed by atoms with E-state index in [2.05, 4.69) is 34.4 Å². The zero-order valence-electron chi connectivity index (χ0n) is 11.9. The van der Waals surface area contributed by atoms with Crippen molar-refractivity contribution in [3.8, 4) is 0 Å². The smallest absolute Gasteiger partial charge is 0.268 e. The lowest BCUT2D eigenvalue weighted by Gasteiger charge is -2.36. The highest BCUT2D eigenvalue weighted by Gasteiger charge is 2.23. The first-order valence-corrected chi connectivity index (χ1v) is 6.83. The number of carbonyl (C=O) groups excluding carboxylic acids is 1. The minimum atomic E-state index is -0.332. The number of nitrogens with one attached hydrogen (secondary N) is 1. The van der Waals surface area contributed by atoms with Gasteiger partial charge in [0, 0.05) is 20.1 Å². The maximum absolute atomic E-state index is 11.7. The summed E-state index contributed by atoms with van der Waals surface area (Å²) >= 11 is 0. The molecule has 0 saturated heterocycles. The second-order valence-corrected chi connectivity index (χ2v) is 5.06. The Balaban J connectivity index is 1.88. The fraction of sp³-hybridized carbons (Fsp3) is 0.267. The molecule has 0 bridgehead atoms. The molecule has 0 atom stereocenters. The number of nitrogens with two attached hydrogens (primary N) is 1. The van der Waals surface area contributed by atoms with Crippen LogP contribution in [-0.4, -0.2) is 26.0 Å². The van der Waals surface area contributed by atoms with Gasteiger partial charge in [0.25, 0.3) is 5.91 Å². The van der Waals surface area contributed by atoms with Gasteiger partial charge in [-0.25, -0.2) is 5.84 Å². The lowest BCUT2D eigenvalue weighted by Crippen LogP contribution is -2.39. The summed E-state index contributed by atoms with van der Waals surface area (Å²) in [6.45, 7) is 2.34. The van der Waals surface area contributed by atoms with Crippen molar-refractivity contribution in [1.82, 2.24) is 5.43 Å². The van der Waals surface area contributed by atoms with Crippen LogP contribution < -0.4 is 21.1 Å². The van der Waals surface area contributed by atoms with Crippen LogP contribution in [0.25, 0.3) is 0 Å². The second-order valence-electron chi connectivity index (χ2n) is 5.06. The fourth-order valence-electron chi connectivity index (χ4n) is 2.65. The second kappa shape index (κ2) is 5.49. The molecule has 0 radical (unpaired) electrons. The average molecular weight is 286 g/mol. The van der Waals surface area contributed by atoms with E-state index in [9.17, 15) is 4.79 Å². The van der Waals surface area contributed by atoms with Crippen molar-refractivity contribution >= 4 is 17.3 Å². The van der Waals surface area contributed by atoms with E-state index in [1.165, 1.54) is 12.0 Å². The largest absolute Gasteiger partial charge is 0.467 e. The number of furan rings is 1. The number of nitrogen functional groups attached to an aromatic ring is 1. The molecule has 0 saturated carbocycles. The van der Waals surface area contributed by atoms with Gasteiger partial charge in [0.2, 0.25) is 0 Å². The Morgan fingerprint density at radius 2 is 2.05 bits per heavy atom. The Bertz CT molecular complexity index is 653. The molecule has 3 rings (SSSR count). The monoisotopic (exact) mass is 286 g/mol. The SMILES string of the molecule is CN1CCN(Cc2occc2C(=O)NN)c2ccccc21. The van der Waals surface area contributed by atoms with E-state index in [1.54, 1.807) is 6.07 Å². The molecule has 0 aliphatic carbocycles. The van der Waals surface area contributed by atoms with Gasteiger partial charge in [-0.05, 0) is 18.2 Å². The standard InChI is InChI=1S/C15H18N4O2/c1-18-7-8-19(13-5-3-2-4-12(13)18)10-14-11(6-9-21-14)15(20)17-16/h2-6,9H,7-8,10,16H2,1H3,(H,17,20). The summed E-state index contributed by atoms with van der Waals surface area (Å²) in [4.78, 5) is 16.1. The Morgan fingerprint density at radius 3 is 2.81 bits per heavy atom. The van der Waals surface area contributed by atoms with Crippen LogP contribution in [0, 0.1) is 0 Å². The van der Waals surface area contributed by atoms with E-state index in [-0.39, 0.29) is 5.91 Å². The number of nitrogens with zero attached hydrogens (tertiary/aromatic N) is 2. The minimum Gasteiger partial charge on any atom is -0.467 e. The summed E-state index contributed by atoms with van der Waals surface area (Å²) in [5.41, 5.74) is 4.95. The van der Waals surface area contributed by atoms with Gasteiger partial charge < -0.3 is 14.2 Å². The third kappa shape index (κ3) is 2.45. The molecular weight excluding hydrogens is 268 g/mol. The van der Waals surface area contributed by atoms with Crippen LogP contribution in [0.3, 0.4) is 0 Å². The van der Waals surface area contributed by atoms with Gasteiger partial charge in [0.15, 0.2) is 0 Å². The van der Waals surface area contributed by atoms with E-state index in [1.807, 2.05) is 12.1 Å². The number of benzene rings is 1. The summed E-state index contributed by atoms with van der Waals surface area (Å²) < 4.78 is 5.46. The van der Waals surface area contributed by atoms with Crippen LogP contribution in [0.5, 0.6) is 0 Å². The molecule has 3 N–H and O–H groups in total. The third-order valence-corrected chi connectivity index (χ3v) is 3.79. The number of likely N-dealkylation sites (N-methyl/N-ethyl adjacent to an activating group) is 1. The highest BCUT2D eigenvalue weighted by Crippen LogP contribution is 2.33. The zero-order valence-corrected chi connectivity index (χ0v) is 11.9. The molecule has 110 valence electrons. The van der Waals surface area contributed by atoms with Crippen molar-refractivity contribution in [2.45, 2.75) is 6.54 Å². The molecular formula is C15H18N4O2. The van der Waals surface area contributed by atoms with Crippen LogP contribution in [0.15, 0.2) is 41.0 Å². The van der Waals surface area contributed by atoms with E-state index < -0.39 is 0 Å². The summed E-state index contributed by atoms with van der Waals surface area (Å²) in [7, 11) is 2.08. The molecule has 1 aromatic heterocycles. The van der Waals surface area contributed by atoms with Crippen molar-refractivity contribution in [2.75, 3.05) is 29.9 Å². The van der Waals surface area contributed by atoms with Crippen LogP contribution in [0.1, 0.15) is 16.1 Å². The van der Waals surface area contributed by atoms with E-state index in [0.29, 0.717) is 17.9 Å². The van der Waals surface area contributed by atoms with E-state index >= 15 is 0 Å². The molecule has 2 aromatic rings. The summed E-state index contributed by atoms with van der Waals surface area (Å²) in [6.07, 6.45) is 1.52. The first kappa shape index (κ1) is 13.5. The number of amides is 1. The Morgan fingerprint density at radius 1 is 1.29 bits per heavy atom. The molecule has 0 unspecified atom stereocenters. The number of hydrogen-bond donors (Lipinski definition) is 2. The summed E-state index contributed by atoms with van der Waals surface area (Å²) in [5, 5.41) is 0. The molecule has 21 heavy (non-hydrogen) atoms. The topological polar surface area (TPSA) is 74.7 Å². The number of hydrogen-bond acceptors (Lipinski definition) is 5. The Hall–Kier alpha value is -2.47.